The van der Waals surface area contributed by atoms with Crippen LogP contribution in [0.3, 0.4) is 0 Å². The van der Waals surface area contributed by atoms with E-state index < -0.39 is 17.6 Å². The van der Waals surface area contributed by atoms with Crippen LogP contribution in [0.4, 0.5) is 13.2 Å². The molecule has 2 aromatic carbocycles. The van der Waals surface area contributed by atoms with Crippen LogP contribution in [0, 0.1) is 0 Å². The number of alkyl halides is 3. The molecule has 0 saturated carbocycles. The molecule has 1 amide bonds. The highest BCUT2D eigenvalue weighted by atomic mass is 19.4. The van der Waals surface area contributed by atoms with Crippen LogP contribution in [-0.4, -0.2) is 20.9 Å². The number of benzene rings is 2. The zero-order chi connectivity index (χ0) is 17.3. The van der Waals surface area contributed by atoms with Crippen LogP contribution in [0.2, 0.25) is 0 Å². The van der Waals surface area contributed by atoms with Crippen LogP contribution in [-0.2, 0) is 12.7 Å². The molecule has 0 unspecified atom stereocenters. The van der Waals surface area contributed by atoms with Gasteiger partial charge in [0.15, 0.2) is 0 Å². The maximum absolute atomic E-state index is 12.6. The van der Waals surface area contributed by atoms with Crippen LogP contribution in [0.25, 0.3) is 10.9 Å². The molecule has 0 aliphatic carbocycles. The lowest BCUT2D eigenvalue weighted by Crippen LogP contribution is -2.18. The van der Waals surface area contributed by atoms with E-state index in [4.69, 9.17) is 5.21 Å². The summed E-state index contributed by atoms with van der Waals surface area (Å²) in [6.45, 7) is 0.300. The van der Waals surface area contributed by atoms with Crippen molar-refractivity contribution < 1.29 is 23.2 Å². The van der Waals surface area contributed by atoms with Gasteiger partial charge in [-0.15, -0.1) is 0 Å². The molecule has 3 aromatic rings. The Labute approximate surface area is 134 Å². The van der Waals surface area contributed by atoms with Crippen molar-refractivity contribution in [2.45, 2.75) is 12.7 Å². The summed E-state index contributed by atoms with van der Waals surface area (Å²) in [4.78, 5) is 11.4. The van der Waals surface area contributed by atoms with E-state index in [1.807, 2.05) is 0 Å². The summed E-state index contributed by atoms with van der Waals surface area (Å²) in [5.74, 6) is -0.644. The Bertz CT molecular complexity index is 886. The van der Waals surface area contributed by atoms with Crippen molar-refractivity contribution in [1.29, 1.82) is 0 Å². The fourth-order valence-corrected chi connectivity index (χ4v) is 2.34. The number of carbonyl (C=O) groups is 1. The number of aromatic nitrogens is 2. The zero-order valence-corrected chi connectivity index (χ0v) is 12.2. The summed E-state index contributed by atoms with van der Waals surface area (Å²) in [6, 6.07) is 9.60. The molecule has 0 radical (unpaired) electrons. The van der Waals surface area contributed by atoms with Gasteiger partial charge in [0.05, 0.1) is 17.6 Å². The Morgan fingerprint density at radius 1 is 1.17 bits per heavy atom. The lowest BCUT2D eigenvalue weighted by molar-refractivity contribution is -0.137. The predicted octanol–water partition coefficient (Wildman–Crippen LogP) is 3.22. The fraction of sp³-hybridized carbons (Fsp3) is 0.125. The van der Waals surface area contributed by atoms with Crippen LogP contribution < -0.4 is 5.48 Å². The highest BCUT2D eigenvalue weighted by Gasteiger charge is 2.29. The van der Waals surface area contributed by atoms with Crippen molar-refractivity contribution in [1.82, 2.24) is 15.3 Å². The summed E-state index contributed by atoms with van der Waals surface area (Å²) < 4.78 is 39.2. The number of nitrogens with zero attached hydrogens (tertiary/aromatic N) is 2. The van der Waals surface area contributed by atoms with E-state index in [0.717, 1.165) is 17.5 Å². The highest BCUT2D eigenvalue weighted by Crippen LogP contribution is 2.29. The lowest BCUT2D eigenvalue weighted by Gasteiger charge is -2.07. The summed E-state index contributed by atoms with van der Waals surface area (Å²) in [7, 11) is 0. The van der Waals surface area contributed by atoms with Crippen LogP contribution in [0.1, 0.15) is 21.5 Å². The molecule has 2 N–H and O–H groups in total. The predicted molar refractivity (Wildman–Crippen MR) is 79.5 cm³/mol. The molecular weight excluding hydrogens is 323 g/mol. The number of hydrogen-bond donors (Lipinski definition) is 2. The van der Waals surface area contributed by atoms with Gasteiger partial charge < -0.3 is 0 Å². The van der Waals surface area contributed by atoms with E-state index in [0.29, 0.717) is 17.6 Å². The molecule has 0 spiro atoms. The standard InChI is InChI=1S/C16H12F3N3O2/c17-16(18,19)13-5-1-10(2-6-13)8-22-9-12-4-3-11(15(23)21-24)7-14(12)20-22/h1-7,9,24H,8H2,(H,21,23). The average Bonchev–Trinajstić information content (AvgIpc) is 2.95. The molecule has 3 rings (SSSR count). The number of halogens is 3. The molecule has 1 aromatic heterocycles. The zero-order valence-electron chi connectivity index (χ0n) is 12.2. The van der Waals surface area contributed by atoms with Gasteiger partial charge in [-0.25, -0.2) is 5.48 Å². The largest absolute Gasteiger partial charge is 0.416 e. The van der Waals surface area contributed by atoms with E-state index in [1.165, 1.54) is 24.3 Å². The van der Waals surface area contributed by atoms with Gasteiger partial charge in [0.1, 0.15) is 0 Å². The maximum atomic E-state index is 12.6. The third-order valence-electron chi connectivity index (χ3n) is 3.54. The van der Waals surface area contributed by atoms with E-state index in [-0.39, 0.29) is 5.56 Å². The van der Waals surface area contributed by atoms with Gasteiger partial charge >= 0.3 is 6.18 Å². The van der Waals surface area contributed by atoms with Crippen LogP contribution >= 0.6 is 0 Å². The van der Waals surface area contributed by atoms with Crippen molar-refractivity contribution >= 4 is 16.8 Å². The van der Waals surface area contributed by atoms with Crippen molar-refractivity contribution in [2.24, 2.45) is 0 Å². The second-order valence-corrected chi connectivity index (χ2v) is 5.24. The maximum Gasteiger partial charge on any atom is 0.416 e. The Hall–Kier alpha value is -2.87. The van der Waals surface area contributed by atoms with E-state index in [1.54, 1.807) is 22.4 Å². The minimum atomic E-state index is -4.36. The molecule has 0 saturated heterocycles. The van der Waals surface area contributed by atoms with E-state index >= 15 is 0 Å². The molecule has 0 bridgehead atoms. The van der Waals surface area contributed by atoms with Crippen molar-refractivity contribution in [3.63, 3.8) is 0 Å². The molecule has 1 heterocycles. The highest BCUT2D eigenvalue weighted by molar-refractivity contribution is 5.97. The molecule has 124 valence electrons. The molecule has 5 nitrogen and oxygen atoms in total. The second-order valence-electron chi connectivity index (χ2n) is 5.24. The SMILES string of the molecule is O=C(NO)c1ccc2cn(Cc3ccc(C(F)(F)F)cc3)nc2c1. The topological polar surface area (TPSA) is 67.2 Å². The molecule has 0 aliphatic rings. The fourth-order valence-electron chi connectivity index (χ4n) is 2.34. The number of rotatable bonds is 3. The number of hydroxylamine groups is 1. The Morgan fingerprint density at radius 2 is 1.88 bits per heavy atom. The summed E-state index contributed by atoms with van der Waals surface area (Å²) >= 11 is 0. The molecular formula is C16H12F3N3O2. The van der Waals surface area contributed by atoms with Crippen molar-refractivity contribution in [3.8, 4) is 0 Å². The third kappa shape index (κ3) is 3.23. The van der Waals surface area contributed by atoms with E-state index in [2.05, 4.69) is 5.10 Å². The average molecular weight is 335 g/mol. The number of nitrogens with one attached hydrogen (secondary N) is 1. The van der Waals surface area contributed by atoms with Gasteiger partial charge in [-0.1, -0.05) is 18.2 Å². The monoisotopic (exact) mass is 335 g/mol. The second kappa shape index (κ2) is 5.97. The van der Waals surface area contributed by atoms with Gasteiger partial charge in [-0.05, 0) is 29.8 Å². The number of fused-ring (bicyclic) bond motifs is 1. The first kappa shape index (κ1) is 16.0. The van der Waals surface area contributed by atoms with Gasteiger partial charge in [-0.3, -0.25) is 14.7 Å². The molecule has 24 heavy (non-hydrogen) atoms. The number of carbonyl (C=O) groups excluding carboxylic acids is 1. The summed E-state index contributed by atoms with van der Waals surface area (Å²) in [5.41, 5.74) is 2.32. The van der Waals surface area contributed by atoms with Gasteiger partial charge in [0, 0.05) is 17.1 Å². The first-order chi connectivity index (χ1) is 11.4. The molecule has 8 heteroatoms. The first-order valence-electron chi connectivity index (χ1n) is 6.94. The molecule has 0 fully saturated rings. The smallest absolute Gasteiger partial charge is 0.288 e. The Balaban J connectivity index is 1.84. The minimum Gasteiger partial charge on any atom is -0.288 e. The normalized spacial score (nSPS) is 11.7. The van der Waals surface area contributed by atoms with Crippen molar-refractivity contribution in [3.05, 3.63) is 65.4 Å². The van der Waals surface area contributed by atoms with Crippen molar-refractivity contribution in [2.75, 3.05) is 0 Å². The summed E-state index contributed by atoms with van der Waals surface area (Å²) in [5, 5.41) is 13.7. The third-order valence-corrected chi connectivity index (χ3v) is 3.54. The summed E-state index contributed by atoms with van der Waals surface area (Å²) in [6.07, 6.45) is -2.63. The number of amides is 1. The molecule has 0 aliphatic heterocycles. The Morgan fingerprint density at radius 3 is 2.50 bits per heavy atom. The van der Waals surface area contributed by atoms with Gasteiger partial charge in [-0.2, -0.15) is 18.3 Å². The van der Waals surface area contributed by atoms with E-state index in [9.17, 15) is 18.0 Å². The quantitative estimate of drug-likeness (QED) is 0.570. The van der Waals surface area contributed by atoms with Gasteiger partial charge in [0.2, 0.25) is 0 Å². The van der Waals surface area contributed by atoms with Crippen LogP contribution in [0.5, 0.6) is 0 Å². The van der Waals surface area contributed by atoms with Gasteiger partial charge in [0.25, 0.3) is 5.91 Å². The van der Waals surface area contributed by atoms with Crippen LogP contribution in [0.15, 0.2) is 48.7 Å². The Kier molecular flexibility index (Phi) is 3.98. The first-order valence-corrected chi connectivity index (χ1v) is 6.94. The lowest BCUT2D eigenvalue weighted by atomic mass is 10.1. The molecule has 0 atom stereocenters. The minimum absolute atomic E-state index is 0.254. The number of hydrogen-bond acceptors (Lipinski definition) is 3.